The minimum absolute atomic E-state index is 0.268. The molecule has 7 nitrogen and oxygen atoms in total. The highest BCUT2D eigenvalue weighted by Crippen LogP contribution is 2.15. The van der Waals surface area contributed by atoms with E-state index in [1.54, 1.807) is 10.7 Å². The van der Waals surface area contributed by atoms with Gasteiger partial charge in [-0.25, -0.2) is 9.50 Å². The van der Waals surface area contributed by atoms with Crippen LogP contribution in [0.3, 0.4) is 0 Å². The highest BCUT2D eigenvalue weighted by atomic mass is 79.9. The van der Waals surface area contributed by atoms with Crippen molar-refractivity contribution in [3.63, 3.8) is 0 Å². The molecule has 0 aliphatic rings. The summed E-state index contributed by atoms with van der Waals surface area (Å²) in [4.78, 5) is 26.7. The Hall–Kier alpha value is -2.74. The molecule has 2 N–H and O–H groups in total. The summed E-state index contributed by atoms with van der Waals surface area (Å²) in [6, 6.07) is 8.08. The van der Waals surface area contributed by atoms with Crippen molar-refractivity contribution in [1.82, 2.24) is 25.2 Å². The zero-order chi connectivity index (χ0) is 17.6. The number of nitrogens with one attached hydrogen (secondary N) is 2. The van der Waals surface area contributed by atoms with E-state index >= 15 is 0 Å². The van der Waals surface area contributed by atoms with Crippen LogP contribution in [0.15, 0.2) is 47.3 Å². The summed E-state index contributed by atoms with van der Waals surface area (Å²) in [5, 5.41) is 9.41. The van der Waals surface area contributed by atoms with Crippen molar-refractivity contribution in [2.24, 2.45) is 0 Å². The van der Waals surface area contributed by atoms with Gasteiger partial charge in [0, 0.05) is 36.4 Å². The van der Waals surface area contributed by atoms with Gasteiger partial charge in [-0.2, -0.15) is 5.10 Å². The zero-order valence-corrected chi connectivity index (χ0v) is 14.9. The lowest BCUT2D eigenvalue weighted by Gasteiger charge is -2.04. The van der Waals surface area contributed by atoms with Gasteiger partial charge >= 0.3 is 0 Å². The van der Waals surface area contributed by atoms with Crippen LogP contribution in [0.1, 0.15) is 21.5 Å². The summed E-state index contributed by atoms with van der Waals surface area (Å²) in [5.74, 6) is -0.268. The van der Waals surface area contributed by atoms with E-state index in [1.165, 1.54) is 6.20 Å². The molecule has 0 atom stereocenters. The molecule has 128 valence electrons. The van der Waals surface area contributed by atoms with E-state index in [0.717, 1.165) is 22.0 Å². The quantitative estimate of drug-likeness (QED) is 0.464. The van der Waals surface area contributed by atoms with Gasteiger partial charge in [0.05, 0.1) is 6.20 Å². The molecular formula is C17H16BrN5O2. The number of hydrogen-bond acceptors (Lipinski definition) is 4. The van der Waals surface area contributed by atoms with E-state index < -0.39 is 0 Å². The second-order valence-electron chi connectivity index (χ2n) is 5.42. The van der Waals surface area contributed by atoms with Crippen molar-refractivity contribution >= 4 is 33.9 Å². The molecule has 2 aromatic heterocycles. The molecule has 0 saturated heterocycles. The molecule has 0 saturated carbocycles. The molecule has 1 aromatic carbocycles. The maximum absolute atomic E-state index is 12.2. The lowest BCUT2D eigenvalue weighted by molar-refractivity contribution is -0.109. The van der Waals surface area contributed by atoms with Crippen molar-refractivity contribution in [1.29, 1.82) is 0 Å². The van der Waals surface area contributed by atoms with E-state index in [0.29, 0.717) is 30.7 Å². The normalized spacial score (nSPS) is 10.6. The summed E-state index contributed by atoms with van der Waals surface area (Å²) in [6.07, 6.45) is 6.44. The lowest BCUT2D eigenvalue weighted by atomic mass is 10.1. The van der Waals surface area contributed by atoms with E-state index in [2.05, 4.69) is 36.6 Å². The van der Waals surface area contributed by atoms with Gasteiger partial charge in [0.15, 0.2) is 5.65 Å². The minimum Gasteiger partial charge on any atom is -0.357 e. The van der Waals surface area contributed by atoms with Crippen molar-refractivity contribution in [2.75, 3.05) is 13.1 Å². The average molecular weight is 402 g/mol. The average Bonchev–Trinajstić information content (AvgIpc) is 3.04. The highest BCUT2D eigenvalue weighted by Gasteiger charge is 2.13. The molecule has 2 heterocycles. The summed E-state index contributed by atoms with van der Waals surface area (Å²) < 4.78 is 2.64. The van der Waals surface area contributed by atoms with Crippen molar-refractivity contribution in [3.05, 3.63) is 64.0 Å². The van der Waals surface area contributed by atoms with E-state index in [-0.39, 0.29) is 5.91 Å². The third-order valence-corrected chi connectivity index (χ3v) is 4.14. The molecular weight excluding hydrogens is 386 g/mol. The van der Waals surface area contributed by atoms with Crippen LogP contribution in [0.25, 0.3) is 5.65 Å². The minimum atomic E-state index is -0.268. The maximum atomic E-state index is 12.2. The lowest BCUT2D eigenvalue weighted by Crippen LogP contribution is -2.31. The molecule has 2 amide bonds. The number of aromatic nitrogens is 3. The van der Waals surface area contributed by atoms with Gasteiger partial charge in [0.2, 0.25) is 6.41 Å². The Bertz CT molecular complexity index is 892. The van der Waals surface area contributed by atoms with Crippen LogP contribution in [0.4, 0.5) is 0 Å². The van der Waals surface area contributed by atoms with Crippen LogP contribution in [0, 0.1) is 0 Å². The maximum Gasteiger partial charge on any atom is 0.256 e. The molecule has 25 heavy (non-hydrogen) atoms. The fourth-order valence-corrected chi connectivity index (χ4v) is 2.67. The third kappa shape index (κ3) is 4.21. The van der Waals surface area contributed by atoms with Gasteiger partial charge in [-0.15, -0.1) is 0 Å². The van der Waals surface area contributed by atoms with Crippen LogP contribution in [-0.4, -0.2) is 40.0 Å². The van der Waals surface area contributed by atoms with Gasteiger partial charge in [-0.3, -0.25) is 9.59 Å². The number of halogens is 1. The number of fused-ring (bicyclic) bond motifs is 1. The largest absolute Gasteiger partial charge is 0.357 e. The number of benzene rings is 1. The number of amides is 2. The fraction of sp³-hybridized carbons (Fsp3) is 0.176. The Morgan fingerprint density at radius 1 is 1.16 bits per heavy atom. The summed E-state index contributed by atoms with van der Waals surface area (Å²) in [7, 11) is 0. The Morgan fingerprint density at radius 2 is 1.96 bits per heavy atom. The van der Waals surface area contributed by atoms with E-state index in [9.17, 15) is 9.59 Å². The van der Waals surface area contributed by atoms with E-state index in [4.69, 9.17) is 0 Å². The molecule has 8 heteroatoms. The number of nitrogens with zero attached hydrogens (tertiary/aromatic N) is 3. The number of carbonyl (C=O) groups is 2. The fourth-order valence-electron chi connectivity index (χ4n) is 2.41. The Kier molecular flexibility index (Phi) is 5.39. The van der Waals surface area contributed by atoms with Crippen LogP contribution in [0.5, 0.6) is 0 Å². The SMILES string of the molecule is O=CNCCNC(=O)c1cnn2cc(Cc3ccc(Br)cc3)cnc12. The predicted octanol–water partition coefficient (Wildman–Crippen LogP) is 1.56. The monoisotopic (exact) mass is 401 g/mol. The molecule has 0 spiro atoms. The molecule has 0 fully saturated rings. The van der Waals surface area contributed by atoms with Crippen LogP contribution < -0.4 is 10.6 Å². The van der Waals surface area contributed by atoms with Gasteiger partial charge in [-0.05, 0) is 23.3 Å². The van der Waals surface area contributed by atoms with E-state index in [1.807, 2.05) is 30.5 Å². The van der Waals surface area contributed by atoms with Gasteiger partial charge < -0.3 is 10.6 Å². The molecule has 3 aromatic rings. The molecule has 3 rings (SSSR count). The predicted molar refractivity (Wildman–Crippen MR) is 96.3 cm³/mol. The second kappa shape index (κ2) is 7.89. The molecule has 0 aliphatic heterocycles. The van der Waals surface area contributed by atoms with Gasteiger partial charge in [0.25, 0.3) is 5.91 Å². The zero-order valence-electron chi connectivity index (χ0n) is 13.3. The first-order chi connectivity index (χ1) is 12.2. The number of hydrogen-bond donors (Lipinski definition) is 2. The molecule has 0 radical (unpaired) electrons. The smallest absolute Gasteiger partial charge is 0.256 e. The third-order valence-electron chi connectivity index (χ3n) is 3.61. The highest BCUT2D eigenvalue weighted by molar-refractivity contribution is 9.10. The summed E-state index contributed by atoms with van der Waals surface area (Å²) in [6.45, 7) is 0.718. The molecule has 0 bridgehead atoms. The number of rotatable bonds is 7. The summed E-state index contributed by atoms with van der Waals surface area (Å²) >= 11 is 3.42. The van der Waals surface area contributed by atoms with Crippen molar-refractivity contribution in [2.45, 2.75) is 6.42 Å². The molecule has 0 unspecified atom stereocenters. The first-order valence-electron chi connectivity index (χ1n) is 7.69. The van der Waals surface area contributed by atoms with Crippen LogP contribution in [-0.2, 0) is 11.2 Å². The van der Waals surface area contributed by atoms with Crippen molar-refractivity contribution < 1.29 is 9.59 Å². The first kappa shape index (κ1) is 17.1. The van der Waals surface area contributed by atoms with Crippen LogP contribution >= 0.6 is 15.9 Å². The Morgan fingerprint density at radius 3 is 2.72 bits per heavy atom. The Balaban J connectivity index is 1.73. The standard InChI is InChI=1S/C17H16BrN5O2/c18-14-3-1-12(2-4-14)7-13-8-21-16-15(9-22-23(16)10-13)17(25)20-6-5-19-11-24/h1-4,8-11H,5-7H2,(H,19,24)(H,20,25). The Labute approximate surface area is 152 Å². The van der Waals surface area contributed by atoms with Gasteiger partial charge in [-0.1, -0.05) is 28.1 Å². The summed E-state index contributed by atoms with van der Waals surface area (Å²) in [5.41, 5.74) is 3.07. The van der Waals surface area contributed by atoms with Crippen molar-refractivity contribution in [3.8, 4) is 0 Å². The first-order valence-corrected chi connectivity index (χ1v) is 8.48. The second-order valence-corrected chi connectivity index (χ2v) is 6.34. The number of carbonyl (C=O) groups excluding carboxylic acids is 2. The van der Waals surface area contributed by atoms with Gasteiger partial charge in [0.1, 0.15) is 5.56 Å². The topological polar surface area (TPSA) is 88.4 Å². The molecule has 0 aliphatic carbocycles. The van der Waals surface area contributed by atoms with Crippen LogP contribution in [0.2, 0.25) is 0 Å².